The monoisotopic (exact) mass is 489 g/mol. The molecule has 0 fully saturated rings. The number of anilines is 1. The Hall–Kier alpha value is -2.15. The summed E-state index contributed by atoms with van der Waals surface area (Å²) in [6.45, 7) is 0.634. The lowest BCUT2D eigenvalue weighted by Crippen LogP contribution is -2.43. The number of nitrogens with zero attached hydrogens (tertiary/aromatic N) is 1. The Labute approximate surface area is 178 Å². The van der Waals surface area contributed by atoms with E-state index >= 15 is 0 Å². The van der Waals surface area contributed by atoms with E-state index in [1.165, 1.54) is 16.9 Å². The van der Waals surface area contributed by atoms with Crippen molar-refractivity contribution in [3.8, 4) is 5.75 Å². The van der Waals surface area contributed by atoms with Gasteiger partial charge in [-0.1, -0.05) is 23.2 Å². The molecule has 0 bridgehead atoms. The number of halogens is 6. The molecule has 164 valence electrons. The molecule has 1 heterocycles. The zero-order chi connectivity index (χ0) is 22.7. The summed E-state index contributed by atoms with van der Waals surface area (Å²) in [7, 11) is -5.55. The van der Waals surface area contributed by atoms with E-state index in [-0.39, 0.29) is 27.2 Å². The molecular weight excluding hydrogens is 477 g/mol. The number of rotatable bonds is 7. The molecule has 0 unspecified atom stereocenters. The van der Waals surface area contributed by atoms with Gasteiger partial charge in [0.05, 0.1) is 23.5 Å². The highest BCUT2D eigenvalue weighted by Crippen LogP contribution is 2.24. The van der Waals surface area contributed by atoms with E-state index in [1.807, 2.05) is 0 Å². The van der Waals surface area contributed by atoms with Gasteiger partial charge < -0.3 is 10.1 Å². The summed E-state index contributed by atoms with van der Waals surface area (Å²) < 4.78 is 79.7. The summed E-state index contributed by atoms with van der Waals surface area (Å²) >= 11 is 11.5. The molecule has 1 amide bonds. The molecule has 30 heavy (non-hydrogen) atoms. The van der Waals surface area contributed by atoms with Crippen LogP contribution in [0.4, 0.5) is 23.2 Å². The maximum Gasteiger partial charge on any atom is 0.511 e. The van der Waals surface area contributed by atoms with Crippen LogP contribution in [0.15, 0.2) is 30.5 Å². The average molecular weight is 490 g/mol. The molecule has 0 aliphatic heterocycles. The van der Waals surface area contributed by atoms with Gasteiger partial charge in [0, 0.05) is 5.02 Å². The van der Waals surface area contributed by atoms with Crippen molar-refractivity contribution in [1.29, 1.82) is 0 Å². The van der Waals surface area contributed by atoms with Crippen LogP contribution in [-0.4, -0.2) is 37.5 Å². The molecule has 2 N–H and O–H groups in total. The normalized spacial score (nSPS) is 13.0. The van der Waals surface area contributed by atoms with E-state index in [4.69, 9.17) is 27.9 Å². The lowest BCUT2D eigenvalue weighted by atomic mass is 10.2. The number of sulfonamides is 1. The van der Waals surface area contributed by atoms with E-state index in [0.29, 0.717) is 0 Å². The Kier molecular flexibility index (Phi) is 7.50. The third kappa shape index (κ3) is 6.17. The van der Waals surface area contributed by atoms with Gasteiger partial charge in [0.1, 0.15) is 23.3 Å². The van der Waals surface area contributed by atoms with Crippen molar-refractivity contribution in [3.63, 3.8) is 0 Å². The Balaban J connectivity index is 2.08. The first-order valence-corrected chi connectivity index (χ1v) is 10.2. The predicted molar refractivity (Wildman–Crippen MR) is 102 cm³/mol. The highest BCUT2D eigenvalue weighted by Gasteiger charge is 2.46. The van der Waals surface area contributed by atoms with Crippen molar-refractivity contribution < 1.29 is 35.5 Å². The van der Waals surface area contributed by atoms with Gasteiger partial charge in [0.15, 0.2) is 0 Å². The summed E-state index contributed by atoms with van der Waals surface area (Å²) in [6, 6.07) is 3.42. The highest BCUT2D eigenvalue weighted by molar-refractivity contribution is 7.90. The van der Waals surface area contributed by atoms with E-state index in [0.717, 1.165) is 25.3 Å². The van der Waals surface area contributed by atoms with Gasteiger partial charge in [-0.2, -0.15) is 13.2 Å². The van der Waals surface area contributed by atoms with Gasteiger partial charge >= 0.3 is 15.5 Å². The highest BCUT2D eigenvalue weighted by atomic mass is 35.5. The van der Waals surface area contributed by atoms with E-state index in [1.54, 1.807) is 0 Å². The fourth-order valence-electron chi connectivity index (χ4n) is 2.03. The molecule has 1 aromatic carbocycles. The van der Waals surface area contributed by atoms with Crippen molar-refractivity contribution >= 4 is 44.8 Å². The largest absolute Gasteiger partial charge is 0.511 e. The second-order valence-corrected chi connectivity index (χ2v) is 8.37. The summed E-state index contributed by atoms with van der Waals surface area (Å²) in [5.41, 5.74) is -5.86. The zero-order valence-electron chi connectivity index (χ0n) is 14.9. The van der Waals surface area contributed by atoms with Crippen LogP contribution in [0, 0.1) is 5.82 Å². The summed E-state index contributed by atoms with van der Waals surface area (Å²) in [6.07, 6.45) is 1.08. The molecule has 14 heteroatoms. The van der Waals surface area contributed by atoms with Crippen LogP contribution in [0.1, 0.15) is 17.3 Å². The number of amides is 1. The average Bonchev–Trinajstić information content (AvgIpc) is 2.62. The van der Waals surface area contributed by atoms with Crippen molar-refractivity contribution in [2.45, 2.75) is 18.5 Å². The predicted octanol–water partition coefficient (Wildman–Crippen LogP) is 3.99. The molecule has 2 aromatic rings. The van der Waals surface area contributed by atoms with Gasteiger partial charge in [-0.15, -0.1) is 0 Å². The topological polar surface area (TPSA) is 97.4 Å². The maximum atomic E-state index is 13.8. The van der Waals surface area contributed by atoms with Crippen LogP contribution in [0.25, 0.3) is 0 Å². The van der Waals surface area contributed by atoms with E-state index < -0.39 is 39.9 Å². The zero-order valence-corrected chi connectivity index (χ0v) is 17.3. The SMILES string of the molecule is C[C@@H](COc1cnc(Cl)c(C(=O)Nc2ccc(Cl)cc2F)c1)NS(=O)(=O)C(F)(F)F. The van der Waals surface area contributed by atoms with Crippen LogP contribution in [0.2, 0.25) is 10.2 Å². The second-order valence-electron chi connectivity index (χ2n) is 5.87. The minimum absolute atomic E-state index is 0.0841. The lowest BCUT2D eigenvalue weighted by molar-refractivity contribution is -0.0451. The number of hydrogen-bond acceptors (Lipinski definition) is 5. The molecule has 0 radical (unpaired) electrons. The smallest absolute Gasteiger partial charge is 0.490 e. The molecular formula is C16H13Cl2F4N3O4S. The van der Waals surface area contributed by atoms with Gasteiger partial charge in [0.25, 0.3) is 5.91 Å². The standard InChI is InChI=1S/C16H13Cl2F4N3O4S/c1-8(25-30(27,28)16(20,21)22)7-29-10-5-11(14(18)23-6-10)15(26)24-13-3-2-9(17)4-12(13)19/h2-6,8,25H,7H2,1H3,(H,24,26)/t8-/m0/s1. The Bertz CT molecular complexity index is 1050. The fraction of sp³-hybridized carbons (Fsp3) is 0.250. The van der Waals surface area contributed by atoms with Crippen LogP contribution < -0.4 is 14.8 Å². The van der Waals surface area contributed by atoms with Gasteiger partial charge in [-0.25, -0.2) is 22.5 Å². The number of hydrogen-bond donors (Lipinski definition) is 2. The summed E-state index contributed by atoms with van der Waals surface area (Å²) in [5.74, 6) is -1.72. The molecule has 0 saturated heterocycles. The molecule has 0 aliphatic rings. The van der Waals surface area contributed by atoms with Crippen molar-refractivity contribution in [3.05, 3.63) is 52.0 Å². The Morgan fingerprint density at radius 3 is 2.53 bits per heavy atom. The molecule has 2 rings (SSSR count). The van der Waals surface area contributed by atoms with Crippen LogP contribution in [0.5, 0.6) is 5.75 Å². The minimum Gasteiger partial charge on any atom is -0.490 e. The number of alkyl halides is 3. The van der Waals surface area contributed by atoms with Gasteiger partial charge in [-0.3, -0.25) is 4.79 Å². The van der Waals surface area contributed by atoms with Crippen molar-refractivity contribution in [2.75, 3.05) is 11.9 Å². The Morgan fingerprint density at radius 1 is 1.27 bits per heavy atom. The third-order valence-corrected chi connectivity index (χ3v) is 5.26. The number of ether oxygens (including phenoxy) is 1. The number of carbonyl (C=O) groups is 1. The Morgan fingerprint density at radius 2 is 1.93 bits per heavy atom. The molecule has 7 nitrogen and oxygen atoms in total. The van der Waals surface area contributed by atoms with E-state index in [2.05, 4.69) is 10.3 Å². The number of nitrogens with one attached hydrogen (secondary N) is 2. The molecule has 0 aliphatic carbocycles. The number of pyridine rings is 1. The van der Waals surface area contributed by atoms with E-state index in [9.17, 15) is 30.8 Å². The molecule has 1 atom stereocenters. The summed E-state index contributed by atoms with van der Waals surface area (Å²) in [4.78, 5) is 16.1. The van der Waals surface area contributed by atoms with Gasteiger partial charge in [-0.05, 0) is 31.2 Å². The molecule has 1 aromatic heterocycles. The maximum absolute atomic E-state index is 13.8. The summed E-state index contributed by atoms with van der Waals surface area (Å²) in [5, 5.41) is 2.14. The fourth-order valence-corrected chi connectivity index (χ4v) is 3.11. The molecule has 0 saturated carbocycles. The second kappa shape index (κ2) is 9.33. The lowest BCUT2D eigenvalue weighted by Gasteiger charge is -2.16. The number of benzene rings is 1. The van der Waals surface area contributed by atoms with Crippen LogP contribution in [-0.2, 0) is 10.0 Å². The quantitative estimate of drug-likeness (QED) is 0.452. The first kappa shape index (κ1) is 24.1. The van der Waals surface area contributed by atoms with Crippen molar-refractivity contribution in [2.24, 2.45) is 0 Å². The van der Waals surface area contributed by atoms with Crippen LogP contribution in [0.3, 0.4) is 0 Å². The van der Waals surface area contributed by atoms with Crippen molar-refractivity contribution in [1.82, 2.24) is 9.71 Å². The molecule has 0 spiro atoms. The van der Waals surface area contributed by atoms with Gasteiger partial charge in [0.2, 0.25) is 0 Å². The first-order valence-electron chi connectivity index (χ1n) is 7.93. The third-order valence-electron chi connectivity index (χ3n) is 3.40. The first-order chi connectivity index (χ1) is 13.8. The number of aromatic nitrogens is 1. The van der Waals surface area contributed by atoms with Crippen LogP contribution >= 0.6 is 23.2 Å². The minimum atomic E-state index is -5.55. The number of carbonyl (C=O) groups excluding carboxylic acids is 1.